The van der Waals surface area contributed by atoms with Crippen LogP contribution in [-0.4, -0.2) is 38.2 Å². The number of carbonyl (C=O) groups is 2. The van der Waals surface area contributed by atoms with Crippen molar-refractivity contribution in [2.24, 2.45) is 0 Å². The SMILES string of the molecule is CCNC(=O)Nc1cc(-c2nc(C(F)(F)F)cs2)c(-c2cc3c(=O)c(C(=O)O)cn(C4CC4)c3cc2Cl)cn1. The zero-order valence-corrected chi connectivity index (χ0v) is 21.7. The van der Waals surface area contributed by atoms with Gasteiger partial charge in [0.1, 0.15) is 16.4 Å². The van der Waals surface area contributed by atoms with Crippen molar-refractivity contribution in [3.05, 3.63) is 62.5 Å². The summed E-state index contributed by atoms with van der Waals surface area (Å²) in [6.45, 7) is 2.05. The van der Waals surface area contributed by atoms with E-state index in [9.17, 15) is 32.7 Å². The standard InChI is InChI=1S/C25H19ClF3N5O4S/c1-2-30-24(38)33-20-6-13(22-32-19(10-39-22)25(27,28)29)15(8-31-20)12-5-14-18(7-17(12)26)34(11-3-4-11)9-16(21(14)35)23(36)37/h5-11H,2-4H2,1H3,(H,36,37)(H2,30,31,33,38). The average molecular weight is 578 g/mol. The number of urea groups is 1. The molecule has 0 bridgehead atoms. The van der Waals surface area contributed by atoms with Gasteiger partial charge in [0, 0.05) is 52.4 Å². The van der Waals surface area contributed by atoms with E-state index in [1.165, 1.54) is 30.6 Å². The van der Waals surface area contributed by atoms with Gasteiger partial charge in [-0.05, 0) is 38.0 Å². The Morgan fingerprint density at radius 3 is 2.56 bits per heavy atom. The second kappa shape index (κ2) is 9.97. The predicted molar refractivity (Wildman–Crippen MR) is 140 cm³/mol. The summed E-state index contributed by atoms with van der Waals surface area (Å²) in [5.41, 5.74) is -1.12. The lowest BCUT2D eigenvalue weighted by molar-refractivity contribution is -0.140. The molecule has 1 aromatic carbocycles. The topological polar surface area (TPSA) is 126 Å². The Balaban J connectivity index is 1.73. The van der Waals surface area contributed by atoms with Crippen LogP contribution in [0.3, 0.4) is 0 Å². The van der Waals surface area contributed by atoms with E-state index >= 15 is 0 Å². The van der Waals surface area contributed by atoms with E-state index in [4.69, 9.17) is 11.6 Å². The van der Waals surface area contributed by atoms with E-state index in [2.05, 4.69) is 20.6 Å². The number of hydrogen-bond acceptors (Lipinski definition) is 6. The van der Waals surface area contributed by atoms with E-state index < -0.39 is 34.9 Å². The third-order valence-electron chi connectivity index (χ3n) is 6.09. The third-order valence-corrected chi connectivity index (χ3v) is 7.28. The summed E-state index contributed by atoms with van der Waals surface area (Å²) in [7, 11) is 0. The van der Waals surface area contributed by atoms with E-state index in [-0.39, 0.29) is 44.0 Å². The normalized spacial score (nSPS) is 13.5. The van der Waals surface area contributed by atoms with Gasteiger partial charge in [-0.25, -0.2) is 19.6 Å². The number of aromatic nitrogens is 3. The second-order valence-corrected chi connectivity index (χ2v) is 10.1. The summed E-state index contributed by atoms with van der Waals surface area (Å²) in [5.74, 6) is -1.33. The van der Waals surface area contributed by atoms with Crippen LogP contribution in [0.2, 0.25) is 5.02 Å². The quantitative estimate of drug-likeness (QED) is 0.257. The first kappa shape index (κ1) is 26.6. The minimum Gasteiger partial charge on any atom is -0.477 e. The van der Waals surface area contributed by atoms with Crippen LogP contribution >= 0.6 is 22.9 Å². The van der Waals surface area contributed by atoms with Gasteiger partial charge in [0.05, 0.1) is 10.5 Å². The summed E-state index contributed by atoms with van der Waals surface area (Å²) in [4.78, 5) is 44.9. The van der Waals surface area contributed by atoms with Crippen LogP contribution in [0.5, 0.6) is 0 Å². The highest BCUT2D eigenvalue weighted by molar-refractivity contribution is 7.13. The molecule has 0 saturated heterocycles. The monoisotopic (exact) mass is 577 g/mol. The van der Waals surface area contributed by atoms with Gasteiger partial charge >= 0.3 is 18.2 Å². The fourth-order valence-corrected chi connectivity index (χ4v) is 5.26. The number of carboxylic acids is 1. The van der Waals surface area contributed by atoms with Gasteiger partial charge in [0.25, 0.3) is 0 Å². The zero-order chi connectivity index (χ0) is 28.1. The number of nitrogens with zero attached hydrogens (tertiary/aromatic N) is 3. The molecule has 202 valence electrons. The summed E-state index contributed by atoms with van der Waals surface area (Å²) in [6, 6.07) is 3.78. The van der Waals surface area contributed by atoms with Crippen LogP contribution in [0.4, 0.5) is 23.8 Å². The number of fused-ring (bicyclic) bond motifs is 1. The molecule has 9 nitrogen and oxygen atoms in total. The number of carbonyl (C=O) groups excluding carboxylic acids is 1. The maximum absolute atomic E-state index is 13.3. The molecular weight excluding hydrogens is 559 g/mol. The van der Waals surface area contributed by atoms with Crippen LogP contribution in [-0.2, 0) is 6.18 Å². The first-order valence-electron chi connectivity index (χ1n) is 11.7. The van der Waals surface area contributed by atoms with Crippen molar-refractivity contribution in [2.45, 2.75) is 32.0 Å². The van der Waals surface area contributed by atoms with Crippen LogP contribution in [0.1, 0.15) is 41.9 Å². The number of carboxylic acid groups (broad SMARTS) is 1. The Morgan fingerprint density at radius 1 is 1.21 bits per heavy atom. The molecule has 3 heterocycles. The van der Waals surface area contributed by atoms with Gasteiger partial charge in [-0.1, -0.05) is 11.6 Å². The highest BCUT2D eigenvalue weighted by atomic mass is 35.5. The van der Waals surface area contributed by atoms with Crippen molar-refractivity contribution in [1.29, 1.82) is 0 Å². The maximum Gasteiger partial charge on any atom is 0.434 e. The molecule has 0 spiro atoms. The van der Waals surface area contributed by atoms with Crippen molar-refractivity contribution in [3.63, 3.8) is 0 Å². The van der Waals surface area contributed by atoms with E-state index in [1.54, 1.807) is 11.5 Å². The molecule has 0 radical (unpaired) electrons. The van der Waals surface area contributed by atoms with E-state index in [0.29, 0.717) is 12.1 Å². The van der Waals surface area contributed by atoms with Crippen LogP contribution in [0.25, 0.3) is 32.6 Å². The first-order valence-corrected chi connectivity index (χ1v) is 12.9. The molecule has 5 rings (SSSR count). The Hall–Kier alpha value is -3.97. The van der Waals surface area contributed by atoms with Crippen molar-refractivity contribution >= 4 is 51.7 Å². The molecule has 0 atom stereocenters. The number of anilines is 1. The molecule has 0 aliphatic heterocycles. The number of amides is 2. The lowest BCUT2D eigenvalue weighted by Gasteiger charge is -2.16. The first-order chi connectivity index (χ1) is 18.5. The lowest BCUT2D eigenvalue weighted by Crippen LogP contribution is -2.28. The van der Waals surface area contributed by atoms with Gasteiger partial charge < -0.3 is 15.0 Å². The largest absolute Gasteiger partial charge is 0.477 e. The summed E-state index contributed by atoms with van der Waals surface area (Å²) < 4.78 is 41.7. The van der Waals surface area contributed by atoms with E-state index in [1.807, 2.05) is 0 Å². The van der Waals surface area contributed by atoms with Crippen molar-refractivity contribution in [3.8, 4) is 21.7 Å². The highest BCUT2D eigenvalue weighted by Gasteiger charge is 2.34. The average Bonchev–Trinajstić information content (AvgIpc) is 3.57. The molecule has 39 heavy (non-hydrogen) atoms. The smallest absolute Gasteiger partial charge is 0.434 e. The molecule has 1 aliphatic carbocycles. The Labute approximate surface area is 227 Å². The van der Waals surface area contributed by atoms with Crippen molar-refractivity contribution < 1.29 is 27.9 Å². The Morgan fingerprint density at radius 2 is 1.95 bits per heavy atom. The van der Waals surface area contributed by atoms with Gasteiger partial charge in [-0.3, -0.25) is 10.1 Å². The molecule has 3 aromatic heterocycles. The molecule has 14 heteroatoms. The molecule has 1 saturated carbocycles. The molecule has 3 N–H and O–H groups in total. The van der Waals surface area contributed by atoms with Gasteiger partial charge in [-0.2, -0.15) is 13.2 Å². The fourth-order valence-electron chi connectivity index (χ4n) is 4.15. The third kappa shape index (κ3) is 5.19. The van der Waals surface area contributed by atoms with Crippen LogP contribution in [0, 0.1) is 0 Å². The maximum atomic E-state index is 13.3. The number of alkyl halides is 3. The highest BCUT2D eigenvalue weighted by Crippen LogP contribution is 2.43. The fraction of sp³-hybridized carbons (Fsp3) is 0.240. The molecular formula is C25H19ClF3N5O4S. The lowest BCUT2D eigenvalue weighted by atomic mass is 9.99. The summed E-state index contributed by atoms with van der Waals surface area (Å²) in [5, 5.41) is 15.8. The number of hydrogen-bond donors (Lipinski definition) is 3. The number of benzene rings is 1. The number of pyridine rings is 2. The molecule has 4 aromatic rings. The number of nitrogens with one attached hydrogen (secondary N) is 2. The molecule has 0 unspecified atom stereocenters. The minimum atomic E-state index is -4.67. The van der Waals surface area contributed by atoms with Crippen molar-refractivity contribution in [2.75, 3.05) is 11.9 Å². The molecule has 1 aliphatic rings. The van der Waals surface area contributed by atoms with Gasteiger partial charge in [0.15, 0.2) is 5.69 Å². The number of thiazole rings is 1. The Bertz CT molecular complexity index is 1700. The molecule has 2 amide bonds. The van der Waals surface area contributed by atoms with Crippen LogP contribution in [0.15, 0.2) is 40.8 Å². The number of halogens is 4. The predicted octanol–water partition coefficient (Wildman–Crippen LogP) is 6.03. The van der Waals surface area contributed by atoms with Gasteiger partial charge in [-0.15, -0.1) is 11.3 Å². The minimum absolute atomic E-state index is 0.0236. The zero-order valence-electron chi connectivity index (χ0n) is 20.1. The van der Waals surface area contributed by atoms with E-state index in [0.717, 1.165) is 29.6 Å². The molecule has 1 fully saturated rings. The van der Waals surface area contributed by atoms with Crippen molar-refractivity contribution in [1.82, 2.24) is 19.9 Å². The second-order valence-electron chi connectivity index (χ2n) is 8.80. The summed E-state index contributed by atoms with van der Waals surface area (Å²) in [6.07, 6.45) is -0.430. The van der Waals surface area contributed by atoms with Gasteiger partial charge in [0.2, 0.25) is 5.43 Å². The Kier molecular flexibility index (Phi) is 6.81. The van der Waals surface area contributed by atoms with Crippen LogP contribution < -0.4 is 16.1 Å². The number of aromatic carboxylic acids is 1. The summed E-state index contributed by atoms with van der Waals surface area (Å²) >= 11 is 7.39. The number of rotatable bonds is 6.